The molecule has 1 aromatic rings. The second kappa shape index (κ2) is 4.61. The van der Waals surface area contributed by atoms with E-state index in [4.69, 9.17) is 16.3 Å². The third kappa shape index (κ3) is 2.36. The summed E-state index contributed by atoms with van der Waals surface area (Å²) in [5.74, 6) is 0.0444. The fourth-order valence-corrected chi connectivity index (χ4v) is 1.39. The Morgan fingerprint density at radius 1 is 1.86 bits per heavy atom. The van der Waals surface area contributed by atoms with E-state index in [2.05, 4.69) is 27.5 Å². The predicted molar refractivity (Wildman–Crippen MR) is 58.1 cm³/mol. The summed E-state index contributed by atoms with van der Waals surface area (Å²) in [5.41, 5.74) is -0.326. The van der Waals surface area contributed by atoms with Gasteiger partial charge < -0.3 is 4.74 Å². The number of hydrogen-bond donors (Lipinski definition) is 0. The summed E-state index contributed by atoms with van der Waals surface area (Å²) in [5, 5.41) is 0.0638. The van der Waals surface area contributed by atoms with E-state index >= 15 is 0 Å². The van der Waals surface area contributed by atoms with E-state index in [0.29, 0.717) is 11.0 Å². The van der Waals surface area contributed by atoms with Crippen LogP contribution in [0.1, 0.15) is 0 Å². The van der Waals surface area contributed by atoms with E-state index < -0.39 is 0 Å². The summed E-state index contributed by atoms with van der Waals surface area (Å²) in [6, 6.07) is 0. The van der Waals surface area contributed by atoms with Crippen molar-refractivity contribution in [3.05, 3.63) is 32.9 Å². The maximum atomic E-state index is 11.6. The molecule has 6 heteroatoms. The zero-order valence-electron chi connectivity index (χ0n) is 7.46. The summed E-state index contributed by atoms with van der Waals surface area (Å²) in [6.07, 6.45) is 1.35. The highest BCUT2D eigenvalue weighted by Gasteiger charge is 2.09. The molecule has 0 saturated carbocycles. The normalized spacial score (nSPS) is 9.93. The minimum Gasteiger partial charge on any atom is -0.489 e. The van der Waals surface area contributed by atoms with E-state index in [1.54, 1.807) is 0 Å². The molecular formula is C8H8BrClN2O2. The third-order valence-electron chi connectivity index (χ3n) is 1.50. The van der Waals surface area contributed by atoms with Gasteiger partial charge in [-0.05, 0) is 0 Å². The molecule has 0 saturated heterocycles. The van der Waals surface area contributed by atoms with Gasteiger partial charge >= 0.3 is 0 Å². The van der Waals surface area contributed by atoms with Gasteiger partial charge in [0.1, 0.15) is 0 Å². The Labute approximate surface area is 94.3 Å². The number of hydrogen-bond acceptors (Lipinski definition) is 3. The van der Waals surface area contributed by atoms with Crippen LogP contribution in [-0.4, -0.2) is 16.7 Å². The van der Waals surface area contributed by atoms with Crippen LogP contribution >= 0.6 is 27.5 Å². The molecule has 0 radical (unpaired) electrons. The zero-order chi connectivity index (χ0) is 10.7. The van der Waals surface area contributed by atoms with Crippen molar-refractivity contribution in [3.63, 3.8) is 0 Å². The molecular weight excluding hydrogens is 271 g/mol. The van der Waals surface area contributed by atoms with Gasteiger partial charge in [-0.3, -0.25) is 9.36 Å². The molecule has 4 nitrogen and oxygen atoms in total. The standard InChI is InChI=1S/C8H8BrClN2O2/c1-5(9)3-12-4-11-7(10)6(14-2)8(12)13/h4H,1,3H2,2H3. The van der Waals surface area contributed by atoms with Gasteiger partial charge in [-0.1, -0.05) is 34.1 Å². The number of rotatable bonds is 3. The SMILES string of the molecule is C=C(Br)Cn1cnc(Cl)c(OC)c1=O. The minimum absolute atomic E-state index is 0.0444. The van der Waals surface area contributed by atoms with Gasteiger partial charge in [0.2, 0.25) is 5.75 Å². The van der Waals surface area contributed by atoms with Crippen LogP contribution in [-0.2, 0) is 6.54 Å². The number of halogens is 2. The molecule has 0 aromatic carbocycles. The summed E-state index contributed by atoms with van der Waals surface area (Å²) in [7, 11) is 1.37. The molecule has 0 spiro atoms. The van der Waals surface area contributed by atoms with Crippen LogP contribution in [0.4, 0.5) is 0 Å². The fraction of sp³-hybridized carbons (Fsp3) is 0.250. The first-order valence-electron chi connectivity index (χ1n) is 3.68. The lowest BCUT2D eigenvalue weighted by atomic mass is 10.5. The summed E-state index contributed by atoms with van der Waals surface area (Å²) >= 11 is 8.81. The van der Waals surface area contributed by atoms with Gasteiger partial charge in [0.15, 0.2) is 5.15 Å². The van der Waals surface area contributed by atoms with Crippen molar-refractivity contribution in [2.75, 3.05) is 7.11 Å². The highest BCUT2D eigenvalue weighted by atomic mass is 79.9. The Hall–Kier alpha value is -0.810. The van der Waals surface area contributed by atoms with Gasteiger partial charge in [0.25, 0.3) is 5.56 Å². The average Bonchev–Trinajstić information content (AvgIpc) is 2.10. The molecule has 14 heavy (non-hydrogen) atoms. The third-order valence-corrected chi connectivity index (χ3v) is 2.02. The summed E-state index contributed by atoms with van der Waals surface area (Å²) in [6.45, 7) is 3.96. The largest absolute Gasteiger partial charge is 0.489 e. The number of aromatic nitrogens is 2. The van der Waals surface area contributed by atoms with E-state index in [1.807, 2.05) is 0 Å². The first kappa shape index (κ1) is 11.3. The molecule has 0 bridgehead atoms. The topological polar surface area (TPSA) is 44.1 Å². The fourth-order valence-electron chi connectivity index (χ4n) is 0.919. The molecule has 0 unspecified atom stereocenters. The van der Waals surface area contributed by atoms with Crippen molar-refractivity contribution in [2.45, 2.75) is 6.54 Å². The Balaban J connectivity index is 3.22. The van der Waals surface area contributed by atoms with Crippen molar-refractivity contribution in [3.8, 4) is 5.75 Å². The molecule has 0 N–H and O–H groups in total. The van der Waals surface area contributed by atoms with Crippen LogP contribution in [0, 0.1) is 0 Å². The summed E-state index contributed by atoms with van der Waals surface area (Å²) in [4.78, 5) is 15.4. The molecule has 0 aliphatic carbocycles. The van der Waals surface area contributed by atoms with Gasteiger partial charge in [0.05, 0.1) is 20.0 Å². The first-order valence-corrected chi connectivity index (χ1v) is 4.85. The molecule has 76 valence electrons. The molecule has 0 aliphatic rings. The van der Waals surface area contributed by atoms with Crippen molar-refractivity contribution < 1.29 is 4.74 Å². The van der Waals surface area contributed by atoms with Crippen molar-refractivity contribution >= 4 is 27.5 Å². The van der Waals surface area contributed by atoms with Crippen LogP contribution < -0.4 is 10.3 Å². The van der Waals surface area contributed by atoms with Gasteiger partial charge in [0, 0.05) is 4.48 Å². The van der Waals surface area contributed by atoms with Crippen LogP contribution in [0.5, 0.6) is 5.75 Å². The predicted octanol–water partition coefficient (Wildman–Crippen LogP) is 1.81. The average molecular weight is 280 g/mol. The smallest absolute Gasteiger partial charge is 0.297 e. The van der Waals surface area contributed by atoms with Crippen LogP contribution in [0.15, 0.2) is 22.2 Å². The van der Waals surface area contributed by atoms with E-state index in [9.17, 15) is 4.79 Å². The molecule has 0 fully saturated rings. The first-order chi connectivity index (χ1) is 6.56. The quantitative estimate of drug-likeness (QED) is 0.793. The second-order valence-corrected chi connectivity index (χ2v) is 4.00. The Morgan fingerprint density at radius 3 is 3.00 bits per heavy atom. The Morgan fingerprint density at radius 2 is 2.50 bits per heavy atom. The van der Waals surface area contributed by atoms with E-state index in [1.165, 1.54) is 18.0 Å². The number of ether oxygens (including phenoxy) is 1. The van der Waals surface area contributed by atoms with Crippen molar-refractivity contribution in [1.82, 2.24) is 9.55 Å². The Bertz CT molecular complexity index is 416. The number of methoxy groups -OCH3 is 1. The van der Waals surface area contributed by atoms with E-state index in [-0.39, 0.29) is 16.5 Å². The monoisotopic (exact) mass is 278 g/mol. The molecule has 0 atom stereocenters. The minimum atomic E-state index is -0.326. The zero-order valence-corrected chi connectivity index (χ0v) is 9.80. The second-order valence-electron chi connectivity index (χ2n) is 2.52. The van der Waals surface area contributed by atoms with Crippen molar-refractivity contribution in [1.29, 1.82) is 0 Å². The number of nitrogens with zero attached hydrogens (tertiary/aromatic N) is 2. The maximum absolute atomic E-state index is 11.6. The van der Waals surface area contributed by atoms with Gasteiger partial charge in [-0.2, -0.15) is 0 Å². The maximum Gasteiger partial charge on any atom is 0.297 e. The van der Waals surface area contributed by atoms with Gasteiger partial charge in [-0.15, -0.1) is 0 Å². The van der Waals surface area contributed by atoms with Crippen LogP contribution in [0.3, 0.4) is 0 Å². The number of allylic oxidation sites excluding steroid dienone is 1. The lowest BCUT2D eigenvalue weighted by Gasteiger charge is -2.06. The molecule has 0 amide bonds. The summed E-state index contributed by atoms with van der Waals surface area (Å²) < 4.78 is 6.85. The van der Waals surface area contributed by atoms with Crippen LogP contribution in [0.2, 0.25) is 5.15 Å². The lowest BCUT2D eigenvalue weighted by Crippen LogP contribution is -2.22. The van der Waals surface area contributed by atoms with E-state index in [0.717, 1.165) is 0 Å². The molecule has 1 rings (SSSR count). The Kier molecular flexibility index (Phi) is 3.71. The highest BCUT2D eigenvalue weighted by molar-refractivity contribution is 9.11. The molecule has 0 aliphatic heterocycles. The molecule has 1 aromatic heterocycles. The molecule has 1 heterocycles. The van der Waals surface area contributed by atoms with Crippen molar-refractivity contribution in [2.24, 2.45) is 0 Å². The lowest BCUT2D eigenvalue weighted by molar-refractivity contribution is 0.401. The highest BCUT2D eigenvalue weighted by Crippen LogP contribution is 2.15. The van der Waals surface area contributed by atoms with Crippen LogP contribution in [0.25, 0.3) is 0 Å². The van der Waals surface area contributed by atoms with Gasteiger partial charge in [-0.25, -0.2) is 4.98 Å².